The van der Waals surface area contributed by atoms with Crippen molar-refractivity contribution in [3.05, 3.63) is 35.5 Å². The van der Waals surface area contributed by atoms with Gasteiger partial charge in [0.15, 0.2) is 0 Å². The Bertz CT molecular complexity index is 577. The van der Waals surface area contributed by atoms with Gasteiger partial charge in [-0.25, -0.2) is 0 Å². The fourth-order valence-electron chi connectivity index (χ4n) is 3.06. The Kier molecular flexibility index (Phi) is 3.33. The Morgan fingerprint density at radius 1 is 1.05 bits per heavy atom. The van der Waals surface area contributed by atoms with Crippen molar-refractivity contribution in [1.82, 2.24) is 14.4 Å². The number of para-hydroxylation sites is 1. The van der Waals surface area contributed by atoms with Gasteiger partial charge in [-0.2, -0.15) is 0 Å². The topological polar surface area (TPSA) is 11.4 Å². The molecule has 0 atom stereocenters. The van der Waals surface area contributed by atoms with E-state index in [2.05, 4.69) is 59.7 Å². The van der Waals surface area contributed by atoms with Crippen molar-refractivity contribution in [3.8, 4) is 0 Å². The molecule has 0 aliphatic carbocycles. The minimum atomic E-state index is 1.07. The van der Waals surface area contributed by atoms with Crippen LogP contribution in [0.5, 0.6) is 0 Å². The summed E-state index contributed by atoms with van der Waals surface area (Å²) in [6, 6.07) is 8.91. The molecule has 1 aromatic heterocycles. The minimum Gasteiger partial charge on any atom is -0.346 e. The van der Waals surface area contributed by atoms with E-state index in [1.54, 1.807) is 0 Å². The lowest BCUT2D eigenvalue weighted by Crippen LogP contribution is -2.44. The maximum Gasteiger partial charge on any atom is 0.0510 e. The number of benzene rings is 1. The van der Waals surface area contributed by atoms with Crippen LogP contribution < -0.4 is 0 Å². The summed E-state index contributed by atoms with van der Waals surface area (Å²) in [5, 5.41) is 1.37. The second kappa shape index (κ2) is 4.99. The van der Waals surface area contributed by atoms with E-state index in [4.69, 9.17) is 0 Å². The Hall–Kier alpha value is -1.32. The molecule has 102 valence electrons. The third kappa shape index (κ3) is 2.40. The molecular weight excluding hydrogens is 234 g/mol. The second-order valence-electron chi connectivity index (χ2n) is 5.79. The van der Waals surface area contributed by atoms with E-state index < -0.39 is 0 Å². The summed E-state index contributed by atoms with van der Waals surface area (Å²) in [7, 11) is 4.40. The quantitative estimate of drug-likeness (QED) is 0.817. The van der Waals surface area contributed by atoms with Gasteiger partial charge in [-0.3, -0.25) is 4.90 Å². The van der Waals surface area contributed by atoms with Gasteiger partial charge in [0.1, 0.15) is 0 Å². The van der Waals surface area contributed by atoms with Crippen LogP contribution in [0.15, 0.2) is 24.3 Å². The number of likely N-dealkylation sites (N-methyl/N-ethyl adjacent to an activating group) is 1. The maximum absolute atomic E-state index is 2.56. The lowest BCUT2D eigenvalue weighted by atomic mass is 10.2. The van der Waals surface area contributed by atoms with Crippen molar-refractivity contribution >= 4 is 10.9 Å². The number of fused-ring (bicyclic) bond motifs is 1. The van der Waals surface area contributed by atoms with E-state index in [1.807, 2.05) is 0 Å². The molecule has 1 saturated heterocycles. The van der Waals surface area contributed by atoms with E-state index in [0.29, 0.717) is 0 Å². The third-order valence-corrected chi connectivity index (χ3v) is 4.34. The lowest BCUT2D eigenvalue weighted by molar-refractivity contribution is 0.146. The molecular formula is C16H23N3. The first-order valence-corrected chi connectivity index (χ1v) is 7.10. The van der Waals surface area contributed by atoms with Crippen LogP contribution in [0.3, 0.4) is 0 Å². The average molecular weight is 257 g/mol. The smallest absolute Gasteiger partial charge is 0.0510 e. The van der Waals surface area contributed by atoms with Crippen molar-refractivity contribution in [1.29, 1.82) is 0 Å². The molecule has 3 heteroatoms. The van der Waals surface area contributed by atoms with Crippen LogP contribution >= 0.6 is 0 Å². The molecule has 1 aromatic carbocycles. The molecule has 0 spiro atoms. The fraction of sp³-hybridized carbons (Fsp3) is 0.500. The van der Waals surface area contributed by atoms with Crippen molar-refractivity contribution < 1.29 is 0 Å². The van der Waals surface area contributed by atoms with E-state index >= 15 is 0 Å². The highest BCUT2D eigenvalue weighted by atomic mass is 15.2. The first kappa shape index (κ1) is 12.7. The number of nitrogens with zero attached hydrogens (tertiary/aromatic N) is 3. The van der Waals surface area contributed by atoms with Gasteiger partial charge < -0.3 is 9.47 Å². The van der Waals surface area contributed by atoms with Crippen LogP contribution in [0.1, 0.15) is 11.3 Å². The third-order valence-electron chi connectivity index (χ3n) is 4.34. The monoisotopic (exact) mass is 257 g/mol. The zero-order valence-electron chi connectivity index (χ0n) is 12.2. The molecule has 0 saturated carbocycles. The molecule has 2 heterocycles. The predicted octanol–water partition coefficient (Wildman–Crippen LogP) is 2.23. The van der Waals surface area contributed by atoms with Gasteiger partial charge in [0.2, 0.25) is 0 Å². The molecule has 3 nitrogen and oxygen atoms in total. The van der Waals surface area contributed by atoms with Crippen LogP contribution in [-0.2, 0) is 13.6 Å². The molecule has 0 bridgehead atoms. The molecule has 1 aliphatic heterocycles. The second-order valence-corrected chi connectivity index (χ2v) is 5.79. The summed E-state index contributed by atoms with van der Waals surface area (Å²) < 4.78 is 2.36. The van der Waals surface area contributed by atoms with E-state index in [9.17, 15) is 0 Å². The molecule has 0 radical (unpaired) electrons. The molecule has 0 N–H and O–H groups in total. The number of aromatic nitrogens is 1. The van der Waals surface area contributed by atoms with Crippen molar-refractivity contribution in [2.45, 2.75) is 13.5 Å². The van der Waals surface area contributed by atoms with Gasteiger partial charge in [-0.05, 0) is 25.6 Å². The van der Waals surface area contributed by atoms with Crippen LogP contribution in [0.2, 0.25) is 0 Å². The first-order chi connectivity index (χ1) is 9.15. The number of piperazine rings is 1. The summed E-state index contributed by atoms with van der Waals surface area (Å²) >= 11 is 0. The van der Waals surface area contributed by atoms with E-state index in [0.717, 1.165) is 6.54 Å². The zero-order valence-corrected chi connectivity index (χ0v) is 12.2. The zero-order chi connectivity index (χ0) is 13.4. The SMILES string of the molecule is Cc1cccc2cc(CN3CCN(C)CC3)n(C)c12. The van der Waals surface area contributed by atoms with E-state index in [-0.39, 0.29) is 0 Å². The van der Waals surface area contributed by atoms with E-state index in [1.165, 1.54) is 48.3 Å². The number of hydrogen-bond acceptors (Lipinski definition) is 2. The normalized spacial score (nSPS) is 18.3. The van der Waals surface area contributed by atoms with Crippen molar-refractivity contribution in [2.24, 2.45) is 7.05 Å². The van der Waals surface area contributed by atoms with Gasteiger partial charge in [0.05, 0.1) is 5.52 Å². The molecule has 19 heavy (non-hydrogen) atoms. The van der Waals surface area contributed by atoms with Crippen LogP contribution in [0.25, 0.3) is 10.9 Å². The standard InChI is InChI=1S/C16H23N3/c1-13-5-4-6-14-11-15(18(3)16(13)14)12-19-9-7-17(2)8-10-19/h4-6,11H,7-10,12H2,1-3H3. The first-order valence-electron chi connectivity index (χ1n) is 7.10. The Balaban J connectivity index is 1.85. The number of hydrogen-bond donors (Lipinski definition) is 0. The summed E-state index contributed by atoms with van der Waals surface area (Å²) in [5.41, 5.74) is 4.17. The van der Waals surface area contributed by atoms with Gasteiger partial charge in [0, 0.05) is 50.9 Å². The molecule has 3 rings (SSSR count). The highest BCUT2D eigenvalue weighted by Gasteiger charge is 2.16. The summed E-state index contributed by atoms with van der Waals surface area (Å²) in [4.78, 5) is 4.96. The number of aryl methyl sites for hydroxylation is 2. The van der Waals surface area contributed by atoms with Gasteiger partial charge in [0.25, 0.3) is 0 Å². The highest BCUT2D eigenvalue weighted by Crippen LogP contribution is 2.23. The average Bonchev–Trinajstić information content (AvgIpc) is 2.71. The van der Waals surface area contributed by atoms with Crippen molar-refractivity contribution in [2.75, 3.05) is 33.2 Å². The molecule has 0 amide bonds. The Labute approximate surface area is 115 Å². The fourth-order valence-corrected chi connectivity index (χ4v) is 3.06. The van der Waals surface area contributed by atoms with Crippen LogP contribution in [0.4, 0.5) is 0 Å². The van der Waals surface area contributed by atoms with Crippen LogP contribution in [-0.4, -0.2) is 47.6 Å². The maximum atomic E-state index is 2.56. The molecule has 0 unspecified atom stereocenters. The van der Waals surface area contributed by atoms with Gasteiger partial charge in [-0.1, -0.05) is 18.2 Å². The summed E-state index contributed by atoms with van der Waals surface area (Å²) in [5.74, 6) is 0. The predicted molar refractivity (Wildman–Crippen MR) is 80.4 cm³/mol. The van der Waals surface area contributed by atoms with Gasteiger partial charge >= 0.3 is 0 Å². The number of rotatable bonds is 2. The lowest BCUT2D eigenvalue weighted by Gasteiger charge is -2.32. The Morgan fingerprint density at radius 3 is 2.47 bits per heavy atom. The largest absolute Gasteiger partial charge is 0.346 e. The minimum absolute atomic E-state index is 1.07. The molecule has 2 aromatic rings. The Morgan fingerprint density at radius 2 is 1.79 bits per heavy atom. The molecule has 1 fully saturated rings. The van der Waals surface area contributed by atoms with Crippen LogP contribution in [0, 0.1) is 6.92 Å². The summed E-state index contributed by atoms with van der Waals surface area (Å²) in [6.07, 6.45) is 0. The van der Waals surface area contributed by atoms with Crippen molar-refractivity contribution in [3.63, 3.8) is 0 Å². The highest BCUT2D eigenvalue weighted by molar-refractivity contribution is 5.84. The summed E-state index contributed by atoms with van der Waals surface area (Å²) in [6.45, 7) is 7.99. The van der Waals surface area contributed by atoms with Gasteiger partial charge in [-0.15, -0.1) is 0 Å². The molecule has 1 aliphatic rings.